The fourth-order valence-electron chi connectivity index (χ4n) is 1.56. The summed E-state index contributed by atoms with van der Waals surface area (Å²) in [6.07, 6.45) is 0.802. The van der Waals surface area contributed by atoms with Gasteiger partial charge in [0.1, 0.15) is 0 Å². The SMILES string of the molecule is CCC(C)NC(=O)C(=O)N(CC)c1ccccc1. The Bertz CT molecular complexity index is 404. The molecule has 0 aliphatic rings. The standard InChI is InChI=1S/C14H20N2O2/c1-4-11(3)15-13(17)14(18)16(5-2)12-9-7-6-8-10-12/h6-11H,4-5H2,1-3H3,(H,15,17). The molecule has 2 amide bonds. The van der Waals surface area contributed by atoms with Crippen LogP contribution in [0.5, 0.6) is 0 Å². The Morgan fingerprint density at radius 3 is 2.33 bits per heavy atom. The van der Waals surface area contributed by atoms with Crippen LogP contribution < -0.4 is 10.2 Å². The van der Waals surface area contributed by atoms with Crippen molar-refractivity contribution in [3.05, 3.63) is 30.3 Å². The number of carbonyl (C=O) groups excluding carboxylic acids is 2. The van der Waals surface area contributed by atoms with Gasteiger partial charge in [-0.25, -0.2) is 0 Å². The second kappa shape index (κ2) is 6.79. The van der Waals surface area contributed by atoms with E-state index in [1.807, 2.05) is 51.1 Å². The second-order valence-corrected chi connectivity index (χ2v) is 4.17. The smallest absolute Gasteiger partial charge is 0.316 e. The Morgan fingerprint density at radius 2 is 1.83 bits per heavy atom. The molecule has 0 fully saturated rings. The van der Waals surface area contributed by atoms with Gasteiger partial charge in [0.25, 0.3) is 0 Å². The van der Waals surface area contributed by atoms with E-state index in [2.05, 4.69) is 5.32 Å². The van der Waals surface area contributed by atoms with E-state index < -0.39 is 11.8 Å². The molecule has 1 atom stereocenters. The summed E-state index contributed by atoms with van der Waals surface area (Å²) in [4.78, 5) is 25.3. The van der Waals surface area contributed by atoms with Gasteiger partial charge in [0.2, 0.25) is 0 Å². The average molecular weight is 248 g/mol. The summed E-state index contributed by atoms with van der Waals surface area (Å²) in [6, 6.07) is 9.21. The van der Waals surface area contributed by atoms with E-state index in [1.165, 1.54) is 4.90 Å². The number of likely N-dealkylation sites (N-methyl/N-ethyl adjacent to an activating group) is 1. The van der Waals surface area contributed by atoms with Crippen LogP contribution in [0.1, 0.15) is 27.2 Å². The molecule has 18 heavy (non-hydrogen) atoms. The van der Waals surface area contributed by atoms with Crippen molar-refractivity contribution in [2.24, 2.45) is 0 Å². The number of hydrogen-bond donors (Lipinski definition) is 1. The molecule has 1 rings (SSSR count). The summed E-state index contributed by atoms with van der Waals surface area (Å²) in [5, 5.41) is 2.68. The van der Waals surface area contributed by atoms with E-state index in [-0.39, 0.29) is 6.04 Å². The first-order valence-corrected chi connectivity index (χ1v) is 6.27. The number of benzene rings is 1. The van der Waals surface area contributed by atoms with Gasteiger partial charge in [-0.1, -0.05) is 25.1 Å². The second-order valence-electron chi connectivity index (χ2n) is 4.17. The first kappa shape index (κ1) is 14.2. The zero-order valence-corrected chi connectivity index (χ0v) is 11.1. The first-order valence-electron chi connectivity index (χ1n) is 6.27. The molecular formula is C14H20N2O2. The van der Waals surface area contributed by atoms with Crippen molar-refractivity contribution in [1.29, 1.82) is 0 Å². The third-order valence-electron chi connectivity index (χ3n) is 2.81. The zero-order chi connectivity index (χ0) is 13.5. The van der Waals surface area contributed by atoms with Gasteiger partial charge >= 0.3 is 11.8 Å². The van der Waals surface area contributed by atoms with Crippen LogP contribution in [0.25, 0.3) is 0 Å². The number of para-hydroxylation sites is 1. The predicted octanol–water partition coefficient (Wildman–Crippen LogP) is 1.95. The Labute approximate surface area is 108 Å². The van der Waals surface area contributed by atoms with Crippen LogP contribution in [0.4, 0.5) is 5.69 Å². The third-order valence-corrected chi connectivity index (χ3v) is 2.81. The maximum absolute atomic E-state index is 12.0. The molecule has 1 N–H and O–H groups in total. The maximum Gasteiger partial charge on any atom is 0.316 e. The fourth-order valence-corrected chi connectivity index (χ4v) is 1.56. The van der Waals surface area contributed by atoms with Crippen molar-refractivity contribution in [2.75, 3.05) is 11.4 Å². The Balaban J connectivity index is 2.77. The summed E-state index contributed by atoms with van der Waals surface area (Å²) < 4.78 is 0. The molecule has 1 unspecified atom stereocenters. The Kier molecular flexibility index (Phi) is 5.36. The highest BCUT2D eigenvalue weighted by molar-refractivity contribution is 6.40. The van der Waals surface area contributed by atoms with Gasteiger partial charge in [-0.2, -0.15) is 0 Å². The van der Waals surface area contributed by atoms with Crippen molar-refractivity contribution in [1.82, 2.24) is 5.32 Å². The number of nitrogens with zero attached hydrogens (tertiary/aromatic N) is 1. The summed E-state index contributed by atoms with van der Waals surface area (Å²) in [7, 11) is 0. The van der Waals surface area contributed by atoms with E-state index in [4.69, 9.17) is 0 Å². The topological polar surface area (TPSA) is 49.4 Å². The van der Waals surface area contributed by atoms with Gasteiger partial charge in [-0.3, -0.25) is 9.59 Å². The predicted molar refractivity (Wildman–Crippen MR) is 72.4 cm³/mol. The summed E-state index contributed by atoms with van der Waals surface area (Å²) in [5.41, 5.74) is 0.740. The van der Waals surface area contributed by atoms with Crippen LogP contribution >= 0.6 is 0 Å². The number of carbonyl (C=O) groups is 2. The van der Waals surface area contributed by atoms with E-state index in [1.54, 1.807) is 0 Å². The number of rotatable bonds is 4. The van der Waals surface area contributed by atoms with Gasteiger partial charge in [0.05, 0.1) is 0 Å². The van der Waals surface area contributed by atoms with Crippen LogP contribution in [-0.4, -0.2) is 24.4 Å². The molecule has 0 spiro atoms. The molecular weight excluding hydrogens is 228 g/mol. The van der Waals surface area contributed by atoms with Gasteiger partial charge in [0, 0.05) is 18.3 Å². The Hall–Kier alpha value is -1.84. The van der Waals surface area contributed by atoms with Crippen molar-refractivity contribution >= 4 is 17.5 Å². The molecule has 0 heterocycles. The summed E-state index contributed by atoms with van der Waals surface area (Å²) >= 11 is 0. The average Bonchev–Trinajstić information content (AvgIpc) is 2.40. The summed E-state index contributed by atoms with van der Waals surface area (Å²) in [5.74, 6) is -1.06. The van der Waals surface area contributed by atoms with Crippen molar-refractivity contribution < 1.29 is 9.59 Å². The molecule has 0 aliphatic heterocycles. The number of hydrogen-bond acceptors (Lipinski definition) is 2. The quantitative estimate of drug-likeness (QED) is 0.828. The zero-order valence-electron chi connectivity index (χ0n) is 11.1. The van der Waals surface area contributed by atoms with Crippen molar-refractivity contribution in [2.45, 2.75) is 33.2 Å². The van der Waals surface area contributed by atoms with E-state index in [0.29, 0.717) is 6.54 Å². The van der Waals surface area contributed by atoms with Crippen molar-refractivity contribution in [3.63, 3.8) is 0 Å². The molecule has 0 saturated heterocycles. The van der Waals surface area contributed by atoms with Gasteiger partial charge < -0.3 is 10.2 Å². The normalized spacial score (nSPS) is 11.7. The molecule has 0 aromatic heterocycles. The lowest BCUT2D eigenvalue weighted by Gasteiger charge is -2.21. The molecule has 0 saturated carbocycles. The van der Waals surface area contributed by atoms with E-state index in [9.17, 15) is 9.59 Å². The minimum atomic E-state index is -0.546. The van der Waals surface area contributed by atoms with Crippen molar-refractivity contribution in [3.8, 4) is 0 Å². The van der Waals surface area contributed by atoms with E-state index >= 15 is 0 Å². The number of amides is 2. The number of anilines is 1. The highest BCUT2D eigenvalue weighted by Gasteiger charge is 2.22. The summed E-state index contributed by atoms with van der Waals surface area (Å²) in [6.45, 7) is 6.16. The molecule has 1 aromatic rings. The van der Waals surface area contributed by atoms with Crippen LogP contribution in [-0.2, 0) is 9.59 Å². The molecule has 1 aromatic carbocycles. The Morgan fingerprint density at radius 1 is 1.22 bits per heavy atom. The highest BCUT2D eigenvalue weighted by atomic mass is 16.2. The molecule has 4 nitrogen and oxygen atoms in total. The largest absolute Gasteiger partial charge is 0.345 e. The molecule has 0 radical (unpaired) electrons. The van der Waals surface area contributed by atoms with Gasteiger partial charge in [0.15, 0.2) is 0 Å². The minimum absolute atomic E-state index is 0.0101. The van der Waals surface area contributed by atoms with Crippen LogP contribution in [0, 0.1) is 0 Å². The molecule has 0 aliphatic carbocycles. The van der Waals surface area contributed by atoms with Crippen LogP contribution in [0.2, 0.25) is 0 Å². The maximum atomic E-state index is 12.0. The fraction of sp³-hybridized carbons (Fsp3) is 0.429. The highest BCUT2D eigenvalue weighted by Crippen LogP contribution is 2.13. The first-order chi connectivity index (χ1) is 8.60. The van der Waals surface area contributed by atoms with Crippen LogP contribution in [0.15, 0.2) is 30.3 Å². The minimum Gasteiger partial charge on any atom is -0.345 e. The third kappa shape index (κ3) is 3.58. The molecule has 0 bridgehead atoms. The number of nitrogens with one attached hydrogen (secondary N) is 1. The lowest BCUT2D eigenvalue weighted by Crippen LogP contribution is -2.45. The monoisotopic (exact) mass is 248 g/mol. The molecule has 4 heteroatoms. The van der Waals surface area contributed by atoms with Crippen LogP contribution in [0.3, 0.4) is 0 Å². The molecule has 98 valence electrons. The van der Waals surface area contributed by atoms with Gasteiger partial charge in [-0.15, -0.1) is 0 Å². The van der Waals surface area contributed by atoms with Gasteiger partial charge in [-0.05, 0) is 32.4 Å². The lowest BCUT2D eigenvalue weighted by molar-refractivity contribution is -0.138. The lowest BCUT2D eigenvalue weighted by atomic mass is 10.2. The van der Waals surface area contributed by atoms with E-state index in [0.717, 1.165) is 12.1 Å².